The average Bonchev–Trinajstić information content (AvgIpc) is 2.47. The Balaban J connectivity index is 2.70. The molecule has 0 saturated carbocycles. The van der Waals surface area contributed by atoms with Crippen molar-refractivity contribution in [3.05, 3.63) is 11.1 Å². The second kappa shape index (κ2) is 4.36. The van der Waals surface area contributed by atoms with Crippen LogP contribution in [-0.2, 0) is 0 Å². The van der Waals surface area contributed by atoms with Crippen molar-refractivity contribution < 1.29 is 18.3 Å². The third kappa shape index (κ3) is 3.67. The van der Waals surface area contributed by atoms with Gasteiger partial charge >= 0.3 is 6.18 Å². The van der Waals surface area contributed by atoms with Gasteiger partial charge in [0.25, 0.3) is 0 Å². The van der Waals surface area contributed by atoms with Crippen LogP contribution >= 0.6 is 11.3 Å². The van der Waals surface area contributed by atoms with Crippen LogP contribution in [0.5, 0.6) is 0 Å². The summed E-state index contributed by atoms with van der Waals surface area (Å²) in [6, 6.07) is 0. The maximum absolute atomic E-state index is 12.0. The van der Waals surface area contributed by atoms with Crippen LogP contribution in [0.3, 0.4) is 0 Å². The molecule has 0 aliphatic heterocycles. The number of alkyl halides is 3. The van der Waals surface area contributed by atoms with E-state index < -0.39 is 18.8 Å². The normalized spacial score (nSPS) is 14.0. The molecule has 0 spiro atoms. The van der Waals surface area contributed by atoms with E-state index >= 15 is 0 Å². The van der Waals surface area contributed by atoms with E-state index in [9.17, 15) is 18.3 Å². The van der Waals surface area contributed by atoms with E-state index in [1.165, 1.54) is 13.2 Å². The summed E-state index contributed by atoms with van der Waals surface area (Å²) in [6.07, 6.45) is -3.56. The molecule has 0 radical (unpaired) electrons. The molecule has 86 valence electrons. The lowest BCUT2D eigenvalue weighted by Gasteiger charge is -2.17. The number of nitrogens with zero attached hydrogens (tertiary/aromatic N) is 2. The Morgan fingerprint density at radius 3 is 2.60 bits per heavy atom. The second-order valence-electron chi connectivity index (χ2n) is 3.19. The van der Waals surface area contributed by atoms with Crippen molar-refractivity contribution in [3.63, 3.8) is 0 Å². The van der Waals surface area contributed by atoms with Gasteiger partial charge in [0, 0.05) is 13.2 Å². The summed E-state index contributed by atoms with van der Waals surface area (Å²) in [7, 11) is 1.32. The number of hydrogen-bond acceptors (Lipinski definition) is 4. The van der Waals surface area contributed by atoms with Gasteiger partial charge in [0.1, 0.15) is 6.54 Å². The highest BCUT2D eigenvalue weighted by molar-refractivity contribution is 7.15. The second-order valence-corrected chi connectivity index (χ2v) is 4.23. The van der Waals surface area contributed by atoms with Crippen molar-refractivity contribution in [3.8, 4) is 0 Å². The Hall–Kier alpha value is -0.820. The minimum absolute atomic E-state index is 0.253. The van der Waals surface area contributed by atoms with E-state index in [2.05, 4.69) is 4.98 Å². The van der Waals surface area contributed by atoms with Gasteiger partial charge in [-0.05, 0) is 6.92 Å². The van der Waals surface area contributed by atoms with Crippen LogP contribution in [0.15, 0.2) is 6.20 Å². The van der Waals surface area contributed by atoms with Gasteiger partial charge in [-0.25, -0.2) is 4.98 Å². The van der Waals surface area contributed by atoms with Crippen molar-refractivity contribution in [1.29, 1.82) is 0 Å². The maximum Gasteiger partial charge on any atom is 0.405 e. The summed E-state index contributed by atoms with van der Waals surface area (Å²) in [5.74, 6) is 0. The Labute approximate surface area is 89.2 Å². The molecule has 0 aliphatic rings. The fraction of sp³-hybridized carbons (Fsp3) is 0.625. The Morgan fingerprint density at radius 1 is 1.60 bits per heavy atom. The third-order valence-corrected chi connectivity index (χ3v) is 2.95. The number of aromatic nitrogens is 1. The lowest BCUT2D eigenvalue weighted by atomic mass is 10.4. The molecule has 7 heteroatoms. The summed E-state index contributed by atoms with van der Waals surface area (Å²) >= 11 is 1.05. The number of aliphatic hydroxyl groups excluding tert-OH is 1. The van der Waals surface area contributed by atoms with E-state index in [0.29, 0.717) is 4.88 Å². The van der Waals surface area contributed by atoms with Gasteiger partial charge in [0.15, 0.2) is 5.13 Å². The molecule has 0 fully saturated rings. The first-order valence-corrected chi connectivity index (χ1v) is 5.03. The van der Waals surface area contributed by atoms with Crippen molar-refractivity contribution in [2.24, 2.45) is 0 Å². The molecule has 0 aliphatic carbocycles. The molecule has 0 aromatic carbocycles. The molecule has 1 rings (SSSR count). The van der Waals surface area contributed by atoms with Gasteiger partial charge in [-0.1, -0.05) is 11.3 Å². The van der Waals surface area contributed by atoms with E-state index in [0.717, 1.165) is 16.2 Å². The molecule has 0 saturated heterocycles. The van der Waals surface area contributed by atoms with Gasteiger partial charge < -0.3 is 10.0 Å². The zero-order chi connectivity index (χ0) is 11.6. The summed E-state index contributed by atoms with van der Waals surface area (Å²) < 4.78 is 36.1. The predicted molar refractivity (Wildman–Crippen MR) is 52.1 cm³/mol. The highest BCUT2D eigenvalue weighted by atomic mass is 32.1. The molecule has 15 heavy (non-hydrogen) atoms. The lowest BCUT2D eigenvalue weighted by molar-refractivity contribution is -0.119. The minimum atomic E-state index is -4.24. The first-order valence-electron chi connectivity index (χ1n) is 4.21. The number of thiazole rings is 1. The Kier molecular flexibility index (Phi) is 3.56. The van der Waals surface area contributed by atoms with Crippen molar-refractivity contribution in [2.45, 2.75) is 19.2 Å². The largest absolute Gasteiger partial charge is 0.405 e. The van der Waals surface area contributed by atoms with E-state index in [1.807, 2.05) is 0 Å². The van der Waals surface area contributed by atoms with Crippen molar-refractivity contribution in [1.82, 2.24) is 4.98 Å². The molecular weight excluding hydrogens is 229 g/mol. The SMILES string of the molecule is CC(O)c1cnc(N(C)CC(F)(F)F)s1. The minimum Gasteiger partial charge on any atom is -0.388 e. The van der Waals surface area contributed by atoms with Crippen LogP contribution in [0.4, 0.5) is 18.3 Å². The van der Waals surface area contributed by atoms with Gasteiger partial charge in [0.05, 0.1) is 11.0 Å². The monoisotopic (exact) mass is 240 g/mol. The van der Waals surface area contributed by atoms with E-state index in [-0.39, 0.29) is 5.13 Å². The highest BCUT2D eigenvalue weighted by Gasteiger charge is 2.30. The molecule has 1 heterocycles. The van der Waals surface area contributed by atoms with E-state index in [1.54, 1.807) is 6.92 Å². The first-order chi connectivity index (χ1) is 6.79. The number of anilines is 1. The molecular formula is C8H11F3N2OS. The zero-order valence-electron chi connectivity index (χ0n) is 8.25. The summed E-state index contributed by atoms with van der Waals surface area (Å²) in [5, 5.41) is 9.43. The Morgan fingerprint density at radius 2 is 2.20 bits per heavy atom. The summed E-state index contributed by atoms with van der Waals surface area (Å²) in [5.41, 5.74) is 0. The van der Waals surface area contributed by atoms with Crippen LogP contribution in [-0.4, -0.2) is 29.9 Å². The average molecular weight is 240 g/mol. The summed E-state index contributed by atoms with van der Waals surface area (Å²) in [4.78, 5) is 5.37. The van der Waals surface area contributed by atoms with Crippen LogP contribution in [0.2, 0.25) is 0 Å². The van der Waals surface area contributed by atoms with Gasteiger partial charge in [-0.2, -0.15) is 13.2 Å². The molecule has 3 nitrogen and oxygen atoms in total. The molecule has 0 amide bonds. The number of halogens is 3. The third-order valence-electron chi connectivity index (χ3n) is 1.67. The number of aliphatic hydroxyl groups is 1. The topological polar surface area (TPSA) is 36.4 Å². The van der Waals surface area contributed by atoms with Crippen LogP contribution in [0, 0.1) is 0 Å². The van der Waals surface area contributed by atoms with Crippen LogP contribution in [0.25, 0.3) is 0 Å². The first kappa shape index (κ1) is 12.3. The lowest BCUT2D eigenvalue weighted by Crippen LogP contribution is -2.30. The zero-order valence-corrected chi connectivity index (χ0v) is 9.06. The molecule has 1 atom stereocenters. The van der Waals surface area contributed by atoms with Gasteiger partial charge in [0.2, 0.25) is 0 Å². The van der Waals surface area contributed by atoms with Crippen molar-refractivity contribution in [2.75, 3.05) is 18.5 Å². The fourth-order valence-electron chi connectivity index (χ4n) is 0.983. The smallest absolute Gasteiger partial charge is 0.388 e. The maximum atomic E-state index is 12.0. The molecule has 1 N–H and O–H groups in total. The van der Waals surface area contributed by atoms with Gasteiger partial charge in [-0.15, -0.1) is 0 Å². The fourth-order valence-corrected chi connectivity index (χ4v) is 1.80. The van der Waals surface area contributed by atoms with Gasteiger partial charge in [-0.3, -0.25) is 0 Å². The molecule has 0 bridgehead atoms. The quantitative estimate of drug-likeness (QED) is 0.879. The molecule has 1 unspecified atom stereocenters. The van der Waals surface area contributed by atoms with Crippen LogP contribution < -0.4 is 4.90 Å². The number of hydrogen-bond donors (Lipinski definition) is 1. The Bertz CT molecular complexity index is 324. The van der Waals surface area contributed by atoms with Crippen LogP contribution in [0.1, 0.15) is 17.9 Å². The van der Waals surface area contributed by atoms with Crippen molar-refractivity contribution >= 4 is 16.5 Å². The van der Waals surface area contributed by atoms with E-state index in [4.69, 9.17) is 0 Å². The predicted octanol–water partition coefficient (Wildman–Crippen LogP) is 2.19. The number of rotatable bonds is 3. The molecule has 1 aromatic rings. The summed E-state index contributed by atoms with van der Waals surface area (Å²) in [6.45, 7) is 0.501. The standard InChI is InChI=1S/C8H11F3N2OS/c1-5(14)6-3-12-7(15-6)13(2)4-8(9,10)11/h3,5,14H,4H2,1-2H3. The molecule has 1 aromatic heterocycles. The highest BCUT2D eigenvalue weighted by Crippen LogP contribution is 2.28.